The van der Waals surface area contributed by atoms with Crippen molar-refractivity contribution in [2.75, 3.05) is 13.7 Å². The van der Waals surface area contributed by atoms with Crippen LogP contribution >= 0.6 is 12.2 Å². The maximum absolute atomic E-state index is 10.9. The fraction of sp³-hybridized carbons (Fsp3) is 0.200. The number of hydrogen-bond acceptors (Lipinski definition) is 6. The molecule has 0 bridgehead atoms. The van der Waals surface area contributed by atoms with Crippen LogP contribution in [-0.2, 0) is 6.61 Å². The van der Waals surface area contributed by atoms with Crippen LogP contribution in [0.25, 0.3) is 0 Å². The molecule has 8 nitrogen and oxygen atoms in total. The highest BCUT2D eigenvalue weighted by Gasteiger charge is 2.11. The van der Waals surface area contributed by atoms with Crippen LogP contribution in [0.4, 0.5) is 5.69 Å². The van der Waals surface area contributed by atoms with E-state index >= 15 is 0 Å². The molecular formula is C20H22N4O4S. The Kier molecular flexibility index (Phi) is 8.11. The highest BCUT2D eigenvalue weighted by atomic mass is 32.1. The van der Waals surface area contributed by atoms with Crippen LogP contribution in [-0.4, -0.2) is 29.9 Å². The average Bonchev–Trinajstić information content (AvgIpc) is 2.70. The Morgan fingerprint density at radius 2 is 2.14 bits per heavy atom. The van der Waals surface area contributed by atoms with Gasteiger partial charge in [-0.1, -0.05) is 6.08 Å². The first-order chi connectivity index (χ1) is 13.9. The molecule has 0 aliphatic heterocycles. The van der Waals surface area contributed by atoms with Crippen molar-refractivity contribution in [1.82, 2.24) is 10.7 Å². The Morgan fingerprint density at radius 1 is 1.34 bits per heavy atom. The number of hydrogen-bond donors (Lipinski definition) is 2. The zero-order valence-electron chi connectivity index (χ0n) is 16.2. The Morgan fingerprint density at radius 3 is 2.79 bits per heavy atom. The summed E-state index contributed by atoms with van der Waals surface area (Å²) in [6.45, 7) is 6.05. The molecule has 0 unspecified atom stereocenters. The van der Waals surface area contributed by atoms with Crippen molar-refractivity contribution in [3.05, 3.63) is 75.9 Å². The van der Waals surface area contributed by atoms with Crippen LogP contribution in [0.1, 0.15) is 16.7 Å². The van der Waals surface area contributed by atoms with Crippen LogP contribution in [0.2, 0.25) is 0 Å². The molecular weight excluding hydrogens is 392 g/mol. The normalized spacial score (nSPS) is 10.4. The lowest BCUT2D eigenvalue weighted by atomic mass is 10.1. The van der Waals surface area contributed by atoms with Crippen LogP contribution < -0.4 is 20.2 Å². The predicted molar refractivity (Wildman–Crippen MR) is 117 cm³/mol. The van der Waals surface area contributed by atoms with Gasteiger partial charge in [-0.25, -0.2) is 0 Å². The van der Waals surface area contributed by atoms with Crippen molar-refractivity contribution >= 4 is 29.2 Å². The molecule has 0 atom stereocenters. The number of nitro groups is 1. The highest BCUT2D eigenvalue weighted by molar-refractivity contribution is 7.80. The van der Waals surface area contributed by atoms with Gasteiger partial charge in [0.1, 0.15) is 18.1 Å². The molecule has 0 aromatic heterocycles. The molecule has 2 aromatic carbocycles. The smallest absolute Gasteiger partial charge is 0.272 e. The first-order valence-electron chi connectivity index (χ1n) is 8.67. The van der Waals surface area contributed by atoms with Gasteiger partial charge in [-0.15, -0.1) is 6.58 Å². The van der Waals surface area contributed by atoms with E-state index in [1.165, 1.54) is 6.07 Å². The molecule has 0 spiro atoms. The summed E-state index contributed by atoms with van der Waals surface area (Å²) < 4.78 is 11.2. The van der Waals surface area contributed by atoms with Gasteiger partial charge < -0.3 is 14.8 Å². The summed E-state index contributed by atoms with van der Waals surface area (Å²) in [5, 5.41) is 18.3. The lowest BCUT2D eigenvalue weighted by Crippen LogP contribution is -2.31. The minimum atomic E-state index is -0.419. The van der Waals surface area contributed by atoms with Crippen molar-refractivity contribution in [3.8, 4) is 11.5 Å². The number of nitro benzene ring substituents is 1. The third-order valence-electron chi connectivity index (χ3n) is 3.85. The number of aryl methyl sites for hydroxylation is 1. The van der Waals surface area contributed by atoms with E-state index in [1.807, 2.05) is 18.2 Å². The number of methoxy groups -OCH3 is 1. The third kappa shape index (κ3) is 6.58. The van der Waals surface area contributed by atoms with Crippen molar-refractivity contribution in [1.29, 1.82) is 0 Å². The van der Waals surface area contributed by atoms with E-state index < -0.39 is 4.92 Å². The lowest BCUT2D eigenvalue weighted by Gasteiger charge is -2.12. The summed E-state index contributed by atoms with van der Waals surface area (Å²) in [7, 11) is 1.58. The van der Waals surface area contributed by atoms with Gasteiger partial charge in [-0.2, -0.15) is 5.10 Å². The number of rotatable bonds is 9. The van der Waals surface area contributed by atoms with E-state index in [0.29, 0.717) is 28.7 Å². The first kappa shape index (κ1) is 21.8. The minimum Gasteiger partial charge on any atom is -0.496 e. The summed E-state index contributed by atoms with van der Waals surface area (Å²) in [5.74, 6) is 1.20. The molecule has 0 amide bonds. The monoisotopic (exact) mass is 414 g/mol. The molecule has 0 radical (unpaired) electrons. The molecule has 0 aliphatic rings. The molecule has 0 heterocycles. The van der Waals surface area contributed by atoms with Crippen LogP contribution in [0.15, 0.2) is 54.2 Å². The van der Waals surface area contributed by atoms with Gasteiger partial charge in [-0.3, -0.25) is 15.5 Å². The second-order valence-corrected chi connectivity index (χ2v) is 6.34. The van der Waals surface area contributed by atoms with Gasteiger partial charge >= 0.3 is 0 Å². The van der Waals surface area contributed by atoms with Gasteiger partial charge in [0.15, 0.2) is 5.11 Å². The molecule has 0 saturated heterocycles. The predicted octanol–water partition coefficient (Wildman–Crippen LogP) is 3.47. The van der Waals surface area contributed by atoms with Gasteiger partial charge in [-0.05, 0) is 55.0 Å². The summed E-state index contributed by atoms with van der Waals surface area (Å²) in [6.07, 6.45) is 3.32. The van der Waals surface area contributed by atoms with Crippen LogP contribution in [0.5, 0.6) is 11.5 Å². The number of nitrogens with zero attached hydrogens (tertiary/aromatic N) is 2. The summed E-state index contributed by atoms with van der Waals surface area (Å²) in [6, 6.07) is 10.2. The zero-order chi connectivity index (χ0) is 21.2. The van der Waals surface area contributed by atoms with E-state index in [2.05, 4.69) is 22.4 Å². The van der Waals surface area contributed by atoms with Crippen molar-refractivity contribution < 1.29 is 14.4 Å². The molecule has 2 aromatic rings. The van der Waals surface area contributed by atoms with Crippen LogP contribution in [0.3, 0.4) is 0 Å². The summed E-state index contributed by atoms with van der Waals surface area (Å²) in [5.41, 5.74) is 4.94. The molecule has 9 heteroatoms. The largest absolute Gasteiger partial charge is 0.496 e. The SMILES string of the molecule is C=CCNC(=S)N/N=C\c1ccc(OC)c(COc2ccc([N+](=O)[O-])c(C)c2)c1. The topological polar surface area (TPSA) is 98.0 Å². The number of benzene rings is 2. The van der Waals surface area contributed by atoms with Crippen LogP contribution in [0, 0.1) is 17.0 Å². The Balaban J connectivity index is 2.07. The van der Waals surface area contributed by atoms with E-state index in [0.717, 1.165) is 11.1 Å². The fourth-order valence-electron chi connectivity index (χ4n) is 2.45. The van der Waals surface area contributed by atoms with E-state index in [-0.39, 0.29) is 12.3 Å². The second-order valence-electron chi connectivity index (χ2n) is 5.93. The Bertz CT molecular complexity index is 931. The number of nitrogens with one attached hydrogen (secondary N) is 2. The Labute approximate surface area is 174 Å². The van der Waals surface area contributed by atoms with Crippen molar-refractivity contribution in [2.45, 2.75) is 13.5 Å². The summed E-state index contributed by atoms with van der Waals surface area (Å²) in [4.78, 5) is 10.5. The van der Waals surface area contributed by atoms with E-state index in [4.69, 9.17) is 21.7 Å². The highest BCUT2D eigenvalue weighted by Crippen LogP contribution is 2.25. The van der Waals surface area contributed by atoms with Crippen molar-refractivity contribution in [3.63, 3.8) is 0 Å². The Hall–Kier alpha value is -3.46. The van der Waals surface area contributed by atoms with Gasteiger partial charge in [0.25, 0.3) is 5.69 Å². The molecule has 0 fully saturated rings. The zero-order valence-corrected chi connectivity index (χ0v) is 17.0. The van der Waals surface area contributed by atoms with Gasteiger partial charge in [0.05, 0.1) is 18.2 Å². The maximum Gasteiger partial charge on any atom is 0.272 e. The second kappa shape index (κ2) is 10.8. The number of hydrazone groups is 1. The van der Waals surface area contributed by atoms with Gasteiger partial charge in [0.2, 0.25) is 0 Å². The molecule has 2 rings (SSSR count). The average molecular weight is 414 g/mol. The molecule has 29 heavy (non-hydrogen) atoms. The fourth-order valence-corrected chi connectivity index (χ4v) is 2.58. The standard InChI is InChI=1S/C20H22N4O4S/c1-4-9-21-20(29)23-22-12-15-5-8-19(27-3)16(11-15)13-28-17-6-7-18(24(25)26)14(2)10-17/h4-8,10-12H,1,9,13H2,2-3H3,(H2,21,23,29)/b22-12-. The molecule has 152 valence electrons. The lowest BCUT2D eigenvalue weighted by molar-refractivity contribution is -0.385. The first-order valence-corrected chi connectivity index (χ1v) is 9.08. The molecule has 0 saturated carbocycles. The summed E-state index contributed by atoms with van der Waals surface area (Å²) >= 11 is 5.07. The third-order valence-corrected chi connectivity index (χ3v) is 4.09. The van der Waals surface area contributed by atoms with E-state index in [1.54, 1.807) is 38.5 Å². The number of ether oxygens (including phenoxy) is 2. The minimum absolute atomic E-state index is 0.0566. The van der Waals surface area contributed by atoms with Crippen molar-refractivity contribution in [2.24, 2.45) is 5.10 Å². The molecule has 0 aliphatic carbocycles. The van der Waals surface area contributed by atoms with Gasteiger partial charge in [0, 0.05) is 23.7 Å². The number of thiocarbonyl (C=S) groups is 1. The maximum atomic E-state index is 10.9. The molecule has 2 N–H and O–H groups in total. The quantitative estimate of drug-likeness (QED) is 0.213. The van der Waals surface area contributed by atoms with E-state index in [9.17, 15) is 10.1 Å².